The van der Waals surface area contributed by atoms with Gasteiger partial charge < -0.3 is 40.0 Å². The quantitative estimate of drug-likeness (QED) is 0.0806. The molecule has 2 rings (SSSR count). The Balaban J connectivity index is 0. The molecule has 4 radical (unpaired) electrons. The summed E-state index contributed by atoms with van der Waals surface area (Å²) in [6.45, 7) is 2.27. The van der Waals surface area contributed by atoms with E-state index < -0.39 is 24.0 Å². The van der Waals surface area contributed by atoms with E-state index in [0.29, 0.717) is 17.8 Å². The molecule has 11 nitrogen and oxygen atoms in total. The van der Waals surface area contributed by atoms with Gasteiger partial charge in [0.05, 0.1) is 36.0 Å². The summed E-state index contributed by atoms with van der Waals surface area (Å²) in [7, 11) is 0. The summed E-state index contributed by atoms with van der Waals surface area (Å²) in [6.07, 6.45) is 30.8. The molecule has 0 aromatic carbocycles. The minimum atomic E-state index is -1.22. The number of carbonyl (C=O) groups excluding carboxylic acids is 2. The van der Waals surface area contributed by atoms with Crippen LogP contribution in [-0.2, 0) is 14.4 Å². The van der Waals surface area contributed by atoms with Crippen molar-refractivity contribution in [2.24, 2.45) is 0 Å². The number of carboxylic acids is 3. The Morgan fingerprint density at radius 2 is 1.05 bits per heavy atom. The van der Waals surface area contributed by atoms with E-state index in [9.17, 15) is 24.6 Å². The zero-order valence-electron chi connectivity index (χ0n) is 26.0. The standard InChI is InChI=1S/C20H40O3.2C6H6N2O2.Se/c1-2-3-4-5-6-7-8-9-10-11-12-13-14-15-16-17-18-19(21)20(22)23;2*9-6(10)2-1-5-3-7-4-8-5;/h19,21H,2-18H2,1H3,(H,22,23);2*1-4H,(H,7,8)(H,9,10);/q;;;+2/p-2. The van der Waals surface area contributed by atoms with Gasteiger partial charge in [-0.2, -0.15) is 0 Å². The predicted octanol–water partition coefficient (Wildman–Crippen LogP) is 4.05. The van der Waals surface area contributed by atoms with Gasteiger partial charge in [0.15, 0.2) is 6.10 Å². The van der Waals surface area contributed by atoms with E-state index in [1.165, 1.54) is 115 Å². The second-order valence-corrected chi connectivity index (χ2v) is 10.2. The minimum Gasteiger partial charge on any atom is -0.545 e. The molecule has 0 aliphatic rings. The fourth-order valence-electron chi connectivity index (χ4n) is 4.04. The van der Waals surface area contributed by atoms with Gasteiger partial charge in [0, 0.05) is 12.4 Å². The molecule has 0 fully saturated rings. The average Bonchev–Trinajstić information content (AvgIpc) is 3.70. The molecule has 246 valence electrons. The van der Waals surface area contributed by atoms with Crippen LogP contribution >= 0.6 is 0 Å². The van der Waals surface area contributed by atoms with E-state index in [-0.39, 0.29) is 17.1 Å². The second-order valence-electron chi connectivity index (χ2n) is 10.2. The molecule has 1 atom stereocenters. The Kier molecular flexibility index (Phi) is 30.5. The van der Waals surface area contributed by atoms with Crippen LogP contribution < -0.4 is 10.2 Å². The number of hydrogen-bond acceptors (Lipinski definition) is 8. The molecule has 0 bridgehead atoms. The second kappa shape index (κ2) is 31.2. The number of carbonyl (C=O) groups is 3. The topological polar surface area (TPSA) is 195 Å². The third-order valence-corrected chi connectivity index (χ3v) is 6.44. The number of nitrogens with one attached hydrogen (secondary N) is 2. The summed E-state index contributed by atoms with van der Waals surface area (Å²) in [5.74, 6) is -3.53. The fraction of sp³-hybridized carbons (Fsp3) is 0.594. The molecule has 12 heteroatoms. The van der Waals surface area contributed by atoms with Crippen LogP contribution in [0.3, 0.4) is 0 Å². The van der Waals surface area contributed by atoms with Crippen LogP contribution in [0.1, 0.15) is 127 Å². The van der Waals surface area contributed by atoms with Crippen molar-refractivity contribution in [2.75, 3.05) is 0 Å². The largest absolute Gasteiger partial charge is 2.00 e. The summed E-state index contributed by atoms with van der Waals surface area (Å²) < 4.78 is 0. The SMILES string of the molecule is CCCCCCCCCCCCCCCCCCC(O)C(=O)O.O=C([O-])C=Cc1c[nH]cn1.O=C([O-])C=Cc1c[nH]cn1.[Se+2]. The number of rotatable bonds is 22. The number of imidazole rings is 2. The first kappa shape index (κ1) is 42.9. The fourth-order valence-corrected chi connectivity index (χ4v) is 4.04. The van der Waals surface area contributed by atoms with Gasteiger partial charge in [0.1, 0.15) is 0 Å². The van der Waals surface area contributed by atoms with Crippen molar-refractivity contribution in [3.05, 3.63) is 48.6 Å². The molecule has 44 heavy (non-hydrogen) atoms. The van der Waals surface area contributed by atoms with Gasteiger partial charge in [0.25, 0.3) is 0 Å². The van der Waals surface area contributed by atoms with Crippen LogP contribution in [0.15, 0.2) is 37.2 Å². The summed E-state index contributed by atoms with van der Waals surface area (Å²) in [4.78, 5) is 43.0. The minimum absolute atomic E-state index is 0. The zero-order chi connectivity index (χ0) is 32.0. The number of aromatic nitrogens is 4. The molecule has 2 aromatic rings. The van der Waals surface area contributed by atoms with Crippen molar-refractivity contribution < 1.29 is 34.8 Å². The maximum absolute atomic E-state index is 10.4. The number of unbranched alkanes of at least 4 members (excludes halogenated alkanes) is 15. The van der Waals surface area contributed by atoms with Crippen molar-refractivity contribution in [3.63, 3.8) is 0 Å². The van der Waals surface area contributed by atoms with Gasteiger partial charge in [-0.15, -0.1) is 0 Å². The molecular weight excluding hydrogens is 631 g/mol. The number of carboxylic acid groups (broad SMARTS) is 3. The summed E-state index contributed by atoms with van der Waals surface area (Å²) in [5.41, 5.74) is 1.15. The molecule has 0 saturated carbocycles. The van der Waals surface area contributed by atoms with Crippen LogP contribution in [0.5, 0.6) is 0 Å². The molecule has 0 spiro atoms. The van der Waals surface area contributed by atoms with Gasteiger partial charge in [-0.3, -0.25) is 0 Å². The van der Waals surface area contributed by atoms with E-state index in [4.69, 9.17) is 10.2 Å². The zero-order valence-corrected chi connectivity index (χ0v) is 27.7. The van der Waals surface area contributed by atoms with Crippen LogP contribution in [0, 0.1) is 0 Å². The number of aliphatic hydroxyl groups excluding tert-OH is 1. The Hall–Kier alpha value is -3.21. The van der Waals surface area contributed by atoms with Gasteiger partial charge in [-0.1, -0.05) is 110 Å². The Bertz CT molecular complexity index is 942. The first-order valence-corrected chi connectivity index (χ1v) is 15.4. The Morgan fingerprint density at radius 1 is 0.705 bits per heavy atom. The predicted molar refractivity (Wildman–Crippen MR) is 169 cm³/mol. The van der Waals surface area contributed by atoms with E-state index in [1.54, 1.807) is 12.4 Å². The first-order valence-electron chi connectivity index (χ1n) is 15.4. The third-order valence-electron chi connectivity index (χ3n) is 6.44. The molecule has 0 aliphatic heterocycles. The van der Waals surface area contributed by atoms with Crippen molar-refractivity contribution in [1.29, 1.82) is 0 Å². The molecule has 0 saturated heterocycles. The number of H-pyrrole nitrogens is 2. The number of hydrogen-bond donors (Lipinski definition) is 4. The Morgan fingerprint density at radius 3 is 1.32 bits per heavy atom. The van der Waals surface area contributed by atoms with E-state index in [0.717, 1.165) is 25.0 Å². The smallest absolute Gasteiger partial charge is 0.545 e. The molecule has 1 unspecified atom stereocenters. The molecule has 0 aliphatic carbocycles. The van der Waals surface area contributed by atoms with E-state index in [1.807, 2.05) is 0 Å². The van der Waals surface area contributed by atoms with Gasteiger partial charge >= 0.3 is 23.0 Å². The van der Waals surface area contributed by atoms with Gasteiger partial charge in [-0.05, 0) is 30.7 Å². The van der Waals surface area contributed by atoms with Crippen molar-refractivity contribution in [1.82, 2.24) is 19.9 Å². The first-order chi connectivity index (χ1) is 20.8. The van der Waals surface area contributed by atoms with E-state index >= 15 is 0 Å². The summed E-state index contributed by atoms with van der Waals surface area (Å²) in [5, 5.41) is 37.4. The van der Waals surface area contributed by atoms with Crippen LogP contribution in [0.4, 0.5) is 0 Å². The Labute approximate surface area is 272 Å². The van der Waals surface area contributed by atoms with E-state index in [2.05, 4.69) is 26.9 Å². The summed E-state index contributed by atoms with van der Waals surface area (Å²) >= 11 is 0. The molecule has 4 N–H and O–H groups in total. The average molecular weight is 682 g/mol. The van der Waals surface area contributed by atoms with Crippen molar-refractivity contribution >= 4 is 47.1 Å². The van der Waals surface area contributed by atoms with Crippen LogP contribution in [0.2, 0.25) is 0 Å². The normalized spacial score (nSPS) is 11.2. The van der Waals surface area contributed by atoms with Gasteiger partial charge in [-0.25, -0.2) is 14.8 Å². The van der Waals surface area contributed by atoms with Gasteiger partial charge in [0.2, 0.25) is 0 Å². The number of aliphatic carboxylic acids is 3. The molecular formula is C32H50N4O7Se. The van der Waals surface area contributed by atoms with Crippen molar-refractivity contribution in [2.45, 2.75) is 122 Å². The van der Waals surface area contributed by atoms with Crippen LogP contribution in [0.25, 0.3) is 12.2 Å². The molecule has 2 aromatic heterocycles. The van der Waals surface area contributed by atoms with Crippen molar-refractivity contribution in [3.8, 4) is 0 Å². The molecule has 2 heterocycles. The monoisotopic (exact) mass is 682 g/mol. The summed E-state index contributed by atoms with van der Waals surface area (Å²) in [6, 6.07) is 0. The maximum atomic E-state index is 10.4. The number of aromatic amines is 2. The third kappa shape index (κ3) is 30.3. The number of nitrogens with zero attached hydrogens (tertiary/aromatic N) is 2. The molecule has 0 amide bonds. The maximum Gasteiger partial charge on any atom is 2.00 e. The number of aliphatic hydroxyl groups is 1. The van der Waals surface area contributed by atoms with Crippen LogP contribution in [-0.4, -0.2) is 71.2 Å².